The van der Waals surface area contributed by atoms with Gasteiger partial charge >= 0.3 is 0 Å². The molecule has 3 nitrogen and oxygen atoms in total. The van der Waals surface area contributed by atoms with Crippen LogP contribution in [0.3, 0.4) is 0 Å². The Morgan fingerprint density at radius 3 is 2.22 bits per heavy atom. The molecule has 0 aliphatic carbocycles. The highest BCUT2D eigenvalue weighted by molar-refractivity contribution is 5.28. The second-order valence-electron chi connectivity index (χ2n) is 5.29. The quantitative estimate of drug-likeness (QED) is 0.818. The molecule has 1 aromatic carbocycles. The third kappa shape index (κ3) is 4.00. The van der Waals surface area contributed by atoms with Crippen molar-refractivity contribution < 1.29 is 14.9 Å². The number of rotatable bonds is 6. The summed E-state index contributed by atoms with van der Waals surface area (Å²) >= 11 is 0. The van der Waals surface area contributed by atoms with E-state index in [1.165, 1.54) is 0 Å². The maximum Gasteiger partial charge on any atom is 0.119 e. The minimum Gasteiger partial charge on any atom is -0.491 e. The normalized spacial score (nSPS) is 16.4. The van der Waals surface area contributed by atoms with Crippen molar-refractivity contribution >= 4 is 0 Å². The summed E-state index contributed by atoms with van der Waals surface area (Å²) in [5, 5.41) is 19.7. The summed E-state index contributed by atoms with van der Waals surface area (Å²) in [5.41, 5.74) is 0.0576. The zero-order valence-corrected chi connectivity index (χ0v) is 11.7. The van der Waals surface area contributed by atoms with Crippen LogP contribution in [0.4, 0.5) is 0 Å². The minimum absolute atomic E-state index is 0.138. The molecule has 0 saturated heterocycles. The van der Waals surface area contributed by atoms with Gasteiger partial charge in [-0.1, -0.05) is 32.9 Å². The van der Waals surface area contributed by atoms with E-state index < -0.39 is 11.7 Å². The first-order valence-electron chi connectivity index (χ1n) is 6.50. The molecule has 1 unspecified atom stereocenters. The van der Waals surface area contributed by atoms with E-state index in [1.54, 1.807) is 6.92 Å². The number of aliphatic hydroxyl groups is 2. The molecule has 0 saturated carbocycles. The van der Waals surface area contributed by atoms with Gasteiger partial charge in [-0.25, -0.2) is 0 Å². The van der Waals surface area contributed by atoms with Gasteiger partial charge in [0.2, 0.25) is 0 Å². The van der Waals surface area contributed by atoms with E-state index in [0.29, 0.717) is 12.2 Å². The molecule has 3 heteroatoms. The summed E-state index contributed by atoms with van der Waals surface area (Å²) in [6.07, 6.45) is 0.278. The summed E-state index contributed by atoms with van der Waals surface area (Å²) in [6.45, 7) is 7.90. The number of hydrogen-bond donors (Lipinski definition) is 2. The smallest absolute Gasteiger partial charge is 0.119 e. The Kier molecular flexibility index (Phi) is 5.17. The molecule has 1 aromatic rings. The predicted octanol–water partition coefficient (Wildman–Crippen LogP) is 2.92. The molecule has 0 aromatic heterocycles. The predicted molar refractivity (Wildman–Crippen MR) is 72.6 cm³/mol. The molecule has 0 amide bonds. The van der Waals surface area contributed by atoms with Crippen molar-refractivity contribution in [2.75, 3.05) is 6.61 Å². The van der Waals surface area contributed by atoms with Gasteiger partial charge in [0.25, 0.3) is 0 Å². The molecular weight excluding hydrogens is 228 g/mol. The highest BCUT2D eigenvalue weighted by atomic mass is 16.5. The van der Waals surface area contributed by atoms with Crippen LogP contribution in [0.25, 0.3) is 0 Å². The lowest BCUT2D eigenvalue weighted by molar-refractivity contribution is -0.0266. The van der Waals surface area contributed by atoms with E-state index in [-0.39, 0.29) is 12.5 Å². The zero-order chi connectivity index (χ0) is 13.8. The lowest BCUT2D eigenvalue weighted by atomic mass is 9.94. The molecule has 0 fully saturated rings. The Labute approximate surface area is 109 Å². The molecule has 1 rings (SSSR count). The van der Waals surface area contributed by atoms with Gasteiger partial charge in [0.15, 0.2) is 0 Å². The average Bonchev–Trinajstić information content (AvgIpc) is 2.36. The van der Waals surface area contributed by atoms with Gasteiger partial charge in [-0.2, -0.15) is 0 Å². The molecule has 102 valence electrons. The average molecular weight is 252 g/mol. The van der Waals surface area contributed by atoms with Crippen molar-refractivity contribution in [2.24, 2.45) is 5.92 Å². The Bertz CT molecular complexity index is 355. The van der Waals surface area contributed by atoms with Crippen LogP contribution in [0.1, 0.15) is 45.8 Å². The maximum atomic E-state index is 10.1. The van der Waals surface area contributed by atoms with E-state index in [0.717, 1.165) is 5.56 Å². The van der Waals surface area contributed by atoms with Crippen LogP contribution in [0.5, 0.6) is 5.75 Å². The molecular formula is C15H24O3. The number of benzene rings is 1. The second kappa shape index (κ2) is 6.21. The van der Waals surface area contributed by atoms with E-state index in [2.05, 4.69) is 0 Å². The maximum absolute atomic E-state index is 10.1. The fourth-order valence-electron chi connectivity index (χ4n) is 1.42. The van der Waals surface area contributed by atoms with Crippen molar-refractivity contribution in [1.29, 1.82) is 0 Å². The van der Waals surface area contributed by atoms with Crippen molar-refractivity contribution in [3.8, 4) is 5.75 Å². The highest BCUT2D eigenvalue weighted by Gasteiger charge is 2.25. The molecule has 0 aliphatic rings. The molecule has 0 bridgehead atoms. The fraction of sp³-hybridized carbons (Fsp3) is 0.600. The lowest BCUT2D eigenvalue weighted by Crippen LogP contribution is -2.37. The third-order valence-electron chi connectivity index (χ3n) is 3.43. The summed E-state index contributed by atoms with van der Waals surface area (Å²) in [4.78, 5) is 0. The monoisotopic (exact) mass is 252 g/mol. The second-order valence-corrected chi connectivity index (χ2v) is 5.29. The number of ether oxygens (including phenoxy) is 1. The molecule has 0 heterocycles. The fourth-order valence-corrected chi connectivity index (χ4v) is 1.42. The molecule has 2 atom stereocenters. The summed E-state index contributed by atoms with van der Waals surface area (Å²) in [6, 6.07) is 7.36. The Balaban J connectivity index is 2.59. The summed E-state index contributed by atoms with van der Waals surface area (Å²) in [7, 11) is 0. The van der Waals surface area contributed by atoms with Crippen LogP contribution in [0, 0.1) is 5.92 Å². The van der Waals surface area contributed by atoms with Crippen molar-refractivity contribution in [3.63, 3.8) is 0 Å². The molecule has 18 heavy (non-hydrogen) atoms. The first-order chi connectivity index (χ1) is 8.36. The molecule has 0 radical (unpaired) electrons. The van der Waals surface area contributed by atoms with Crippen molar-refractivity contribution in [1.82, 2.24) is 0 Å². The zero-order valence-electron chi connectivity index (χ0n) is 11.7. The molecule has 2 N–H and O–H groups in total. The van der Waals surface area contributed by atoms with Gasteiger partial charge < -0.3 is 14.9 Å². The third-order valence-corrected chi connectivity index (χ3v) is 3.43. The Morgan fingerprint density at radius 1 is 1.22 bits per heavy atom. The topological polar surface area (TPSA) is 49.7 Å². The number of hydrogen-bond acceptors (Lipinski definition) is 3. The van der Waals surface area contributed by atoms with Crippen LogP contribution in [0.2, 0.25) is 0 Å². The van der Waals surface area contributed by atoms with E-state index in [1.807, 2.05) is 45.0 Å². The van der Waals surface area contributed by atoms with Gasteiger partial charge in [0, 0.05) is 0 Å². The Hall–Kier alpha value is -1.06. The number of aliphatic hydroxyl groups excluding tert-OH is 1. The van der Waals surface area contributed by atoms with Crippen LogP contribution in [-0.4, -0.2) is 22.4 Å². The minimum atomic E-state index is -0.832. The van der Waals surface area contributed by atoms with Gasteiger partial charge in [-0.3, -0.25) is 0 Å². The first-order valence-corrected chi connectivity index (χ1v) is 6.50. The van der Waals surface area contributed by atoms with E-state index >= 15 is 0 Å². The summed E-state index contributed by atoms with van der Waals surface area (Å²) in [5.74, 6) is 0.849. The first kappa shape index (κ1) is 15.0. The van der Waals surface area contributed by atoms with Crippen LogP contribution >= 0.6 is 0 Å². The molecule has 0 aliphatic heterocycles. The van der Waals surface area contributed by atoms with Crippen molar-refractivity contribution in [2.45, 2.75) is 45.8 Å². The standard InChI is InChI=1S/C15H24O3/c1-5-14(16)12-6-8-13(9-7-12)18-10-15(4,17)11(2)3/h6-9,11,14,16-17H,5,10H2,1-4H3/t14-,15?/m1/s1. The van der Waals surface area contributed by atoms with E-state index in [9.17, 15) is 10.2 Å². The SMILES string of the molecule is CC[C@@H](O)c1ccc(OCC(C)(O)C(C)C)cc1. The van der Waals surface area contributed by atoms with E-state index in [4.69, 9.17) is 4.74 Å². The van der Waals surface area contributed by atoms with Gasteiger partial charge in [-0.15, -0.1) is 0 Å². The Morgan fingerprint density at radius 2 is 1.78 bits per heavy atom. The largest absolute Gasteiger partial charge is 0.491 e. The van der Waals surface area contributed by atoms with Gasteiger partial charge in [0.05, 0.1) is 11.7 Å². The lowest BCUT2D eigenvalue weighted by Gasteiger charge is -2.27. The van der Waals surface area contributed by atoms with Crippen LogP contribution < -0.4 is 4.74 Å². The van der Waals surface area contributed by atoms with Crippen LogP contribution in [0.15, 0.2) is 24.3 Å². The van der Waals surface area contributed by atoms with Crippen LogP contribution in [-0.2, 0) is 0 Å². The summed E-state index contributed by atoms with van der Waals surface area (Å²) < 4.78 is 5.57. The highest BCUT2D eigenvalue weighted by Crippen LogP contribution is 2.22. The van der Waals surface area contributed by atoms with Gasteiger partial charge in [0.1, 0.15) is 12.4 Å². The molecule has 0 spiro atoms. The van der Waals surface area contributed by atoms with Gasteiger partial charge in [-0.05, 0) is 37.0 Å². The van der Waals surface area contributed by atoms with Crippen molar-refractivity contribution in [3.05, 3.63) is 29.8 Å².